The minimum Gasteiger partial charge on any atom is -0.468 e. The van der Waals surface area contributed by atoms with Crippen molar-refractivity contribution in [3.63, 3.8) is 0 Å². The van der Waals surface area contributed by atoms with E-state index in [4.69, 9.17) is 10.3 Å². The number of carbonyl (C=O) groups is 1. The van der Waals surface area contributed by atoms with Crippen molar-refractivity contribution in [1.29, 1.82) is 0 Å². The second-order valence-electron chi connectivity index (χ2n) is 4.88. The second kappa shape index (κ2) is 6.31. The van der Waals surface area contributed by atoms with Crippen molar-refractivity contribution in [3.8, 4) is 0 Å². The summed E-state index contributed by atoms with van der Waals surface area (Å²) >= 11 is 1.53. The molecular weight excluding hydrogens is 290 g/mol. The first-order valence-electron chi connectivity index (χ1n) is 6.92. The largest absolute Gasteiger partial charge is 0.468 e. The predicted molar refractivity (Wildman–Crippen MR) is 77.5 cm³/mol. The van der Waals surface area contributed by atoms with Crippen LogP contribution in [-0.2, 0) is 18.7 Å². The van der Waals surface area contributed by atoms with E-state index >= 15 is 0 Å². The van der Waals surface area contributed by atoms with Crippen molar-refractivity contribution in [3.05, 3.63) is 29.5 Å². The Labute approximate surface area is 126 Å². The standard InChI is InChI=1S/C13H17N5O2S/c14-15-12(19)9-5-7-20-10(9)8-21-13-17-16-11-4-2-1-3-6-18(11)13/h5,7H,1-4,6,8,14H2,(H,15,19). The molecular formula is C13H17N5O2S. The summed E-state index contributed by atoms with van der Waals surface area (Å²) in [5, 5.41) is 9.37. The molecule has 0 atom stereocenters. The molecule has 0 aliphatic carbocycles. The number of thioether (sulfide) groups is 1. The molecule has 2 aromatic heterocycles. The summed E-state index contributed by atoms with van der Waals surface area (Å²) in [6, 6.07) is 1.61. The number of nitrogens with two attached hydrogens (primary N) is 1. The van der Waals surface area contributed by atoms with Crippen molar-refractivity contribution < 1.29 is 9.21 Å². The van der Waals surface area contributed by atoms with Crippen molar-refractivity contribution >= 4 is 17.7 Å². The molecule has 7 nitrogen and oxygen atoms in total. The van der Waals surface area contributed by atoms with Gasteiger partial charge in [-0.3, -0.25) is 10.2 Å². The first-order chi connectivity index (χ1) is 10.3. The average molecular weight is 307 g/mol. The highest BCUT2D eigenvalue weighted by Crippen LogP contribution is 2.26. The van der Waals surface area contributed by atoms with Gasteiger partial charge in [-0.1, -0.05) is 18.2 Å². The van der Waals surface area contributed by atoms with Crippen molar-refractivity contribution in [2.24, 2.45) is 5.84 Å². The minimum atomic E-state index is -0.348. The van der Waals surface area contributed by atoms with Gasteiger partial charge in [0.2, 0.25) is 0 Å². The van der Waals surface area contributed by atoms with E-state index < -0.39 is 0 Å². The maximum Gasteiger partial charge on any atom is 0.268 e. The van der Waals surface area contributed by atoms with Gasteiger partial charge in [0.15, 0.2) is 5.16 Å². The van der Waals surface area contributed by atoms with E-state index in [9.17, 15) is 4.79 Å². The van der Waals surface area contributed by atoms with Crippen LogP contribution in [0.4, 0.5) is 0 Å². The number of aryl methyl sites for hydroxylation is 1. The molecule has 3 N–H and O–H groups in total. The molecule has 0 aromatic carbocycles. The zero-order valence-electron chi connectivity index (χ0n) is 11.5. The number of nitrogen functional groups attached to an aromatic ring is 1. The number of furan rings is 1. The Kier molecular flexibility index (Phi) is 4.26. The topological polar surface area (TPSA) is 99.0 Å². The zero-order chi connectivity index (χ0) is 14.7. The summed E-state index contributed by atoms with van der Waals surface area (Å²) in [7, 11) is 0. The molecule has 0 radical (unpaired) electrons. The van der Waals surface area contributed by atoms with Crippen LogP contribution in [0.1, 0.15) is 41.2 Å². The number of nitrogens with one attached hydrogen (secondary N) is 1. The molecule has 3 heterocycles. The van der Waals surface area contributed by atoms with E-state index in [0.29, 0.717) is 17.1 Å². The highest BCUT2D eigenvalue weighted by Gasteiger charge is 2.18. The van der Waals surface area contributed by atoms with Crippen LogP contribution in [-0.4, -0.2) is 20.7 Å². The van der Waals surface area contributed by atoms with Crippen LogP contribution >= 0.6 is 11.8 Å². The lowest BCUT2D eigenvalue weighted by molar-refractivity contribution is 0.0952. The van der Waals surface area contributed by atoms with E-state index in [1.54, 1.807) is 6.07 Å². The number of hydrazine groups is 1. The third-order valence-electron chi connectivity index (χ3n) is 3.53. The predicted octanol–water partition coefficient (Wildman–Crippen LogP) is 1.49. The van der Waals surface area contributed by atoms with Gasteiger partial charge in [-0.15, -0.1) is 10.2 Å². The molecule has 0 bridgehead atoms. The van der Waals surface area contributed by atoms with E-state index in [0.717, 1.165) is 30.4 Å². The maximum absolute atomic E-state index is 11.6. The maximum atomic E-state index is 11.6. The monoisotopic (exact) mass is 307 g/mol. The first-order valence-corrected chi connectivity index (χ1v) is 7.90. The number of hydrogen-bond donors (Lipinski definition) is 2. The number of aromatic nitrogens is 3. The molecule has 112 valence electrons. The van der Waals surface area contributed by atoms with E-state index in [1.807, 2.05) is 0 Å². The Morgan fingerprint density at radius 1 is 1.43 bits per heavy atom. The fourth-order valence-corrected chi connectivity index (χ4v) is 3.36. The molecule has 0 fully saturated rings. The Morgan fingerprint density at radius 2 is 2.33 bits per heavy atom. The highest BCUT2D eigenvalue weighted by atomic mass is 32.2. The number of carbonyl (C=O) groups excluding carboxylic acids is 1. The second-order valence-corrected chi connectivity index (χ2v) is 5.82. The molecule has 0 unspecified atom stereocenters. The summed E-state index contributed by atoms with van der Waals surface area (Å²) in [6.45, 7) is 0.957. The Balaban J connectivity index is 1.72. The van der Waals surface area contributed by atoms with Gasteiger partial charge in [0.1, 0.15) is 11.6 Å². The lowest BCUT2D eigenvalue weighted by Gasteiger charge is -2.06. The number of amides is 1. The summed E-state index contributed by atoms with van der Waals surface area (Å²) in [4.78, 5) is 11.6. The van der Waals surface area contributed by atoms with Gasteiger partial charge < -0.3 is 8.98 Å². The fraction of sp³-hybridized carbons (Fsp3) is 0.462. The number of rotatable bonds is 4. The van der Waals surface area contributed by atoms with Gasteiger partial charge in [-0.25, -0.2) is 5.84 Å². The van der Waals surface area contributed by atoms with Crippen LogP contribution in [0.3, 0.4) is 0 Å². The van der Waals surface area contributed by atoms with Crippen molar-refractivity contribution in [2.45, 2.75) is 43.1 Å². The lowest BCUT2D eigenvalue weighted by Crippen LogP contribution is -2.30. The lowest BCUT2D eigenvalue weighted by atomic mass is 10.2. The van der Waals surface area contributed by atoms with Crippen LogP contribution in [0.15, 0.2) is 21.9 Å². The molecule has 0 saturated carbocycles. The summed E-state index contributed by atoms with van der Waals surface area (Å²) in [5.74, 6) is 6.97. The summed E-state index contributed by atoms with van der Waals surface area (Å²) < 4.78 is 7.53. The molecule has 0 spiro atoms. The third-order valence-corrected chi connectivity index (χ3v) is 4.50. The number of hydrogen-bond acceptors (Lipinski definition) is 6. The van der Waals surface area contributed by atoms with Crippen LogP contribution in [0.25, 0.3) is 0 Å². The van der Waals surface area contributed by atoms with Gasteiger partial charge in [-0.05, 0) is 18.9 Å². The smallest absolute Gasteiger partial charge is 0.268 e. The van der Waals surface area contributed by atoms with Gasteiger partial charge in [0.05, 0.1) is 17.6 Å². The van der Waals surface area contributed by atoms with Gasteiger partial charge in [-0.2, -0.15) is 0 Å². The van der Waals surface area contributed by atoms with Crippen LogP contribution in [0.5, 0.6) is 0 Å². The van der Waals surface area contributed by atoms with E-state index in [-0.39, 0.29) is 5.91 Å². The van der Waals surface area contributed by atoms with Crippen molar-refractivity contribution in [1.82, 2.24) is 20.2 Å². The third kappa shape index (κ3) is 2.96. The minimum absolute atomic E-state index is 0.348. The van der Waals surface area contributed by atoms with Gasteiger partial charge in [0, 0.05) is 13.0 Å². The quantitative estimate of drug-likeness (QED) is 0.384. The first kappa shape index (κ1) is 14.2. The molecule has 0 saturated heterocycles. The van der Waals surface area contributed by atoms with E-state index in [2.05, 4.69) is 20.2 Å². The van der Waals surface area contributed by atoms with Crippen molar-refractivity contribution in [2.75, 3.05) is 0 Å². The molecule has 8 heteroatoms. The zero-order valence-corrected chi connectivity index (χ0v) is 12.4. The summed E-state index contributed by atoms with van der Waals surface area (Å²) in [5.41, 5.74) is 2.58. The molecule has 21 heavy (non-hydrogen) atoms. The number of nitrogens with zero attached hydrogens (tertiary/aromatic N) is 3. The van der Waals surface area contributed by atoms with Crippen LogP contribution in [0, 0.1) is 0 Å². The van der Waals surface area contributed by atoms with Gasteiger partial charge >= 0.3 is 0 Å². The van der Waals surface area contributed by atoms with E-state index in [1.165, 1.54) is 30.9 Å². The van der Waals surface area contributed by atoms with Crippen LogP contribution < -0.4 is 11.3 Å². The summed E-state index contributed by atoms with van der Waals surface area (Å²) in [6.07, 6.45) is 6.02. The van der Waals surface area contributed by atoms with Crippen LogP contribution in [0.2, 0.25) is 0 Å². The molecule has 1 amide bonds. The Bertz CT molecular complexity index is 636. The highest BCUT2D eigenvalue weighted by molar-refractivity contribution is 7.98. The Morgan fingerprint density at radius 3 is 3.19 bits per heavy atom. The molecule has 1 aliphatic rings. The molecule has 3 rings (SSSR count). The molecule has 2 aromatic rings. The molecule has 1 aliphatic heterocycles. The average Bonchev–Trinajstić information content (AvgIpc) is 3.05. The SMILES string of the molecule is NNC(=O)c1ccoc1CSc1nnc2n1CCCCC2. The number of fused-ring (bicyclic) bond motifs is 1. The fourth-order valence-electron chi connectivity index (χ4n) is 2.43. The van der Waals surface area contributed by atoms with Gasteiger partial charge in [0.25, 0.3) is 5.91 Å². The Hall–Kier alpha value is -1.80. The normalized spacial score (nSPS) is 14.5.